The van der Waals surface area contributed by atoms with Crippen LogP contribution >= 0.6 is 0 Å². The predicted octanol–water partition coefficient (Wildman–Crippen LogP) is 2.73. The first kappa shape index (κ1) is 19.3. The Morgan fingerprint density at radius 1 is 1.20 bits per heavy atom. The zero-order valence-corrected chi connectivity index (χ0v) is 16.1. The lowest BCUT2D eigenvalue weighted by Gasteiger charge is -2.37. The monoisotopic (exact) mass is 341 g/mol. The molecule has 0 aromatic heterocycles. The van der Waals surface area contributed by atoms with Gasteiger partial charge in [-0.25, -0.2) is 0 Å². The number of nitrogens with zero attached hydrogens (tertiary/aromatic N) is 2. The Kier molecular flexibility index (Phi) is 6.50. The van der Waals surface area contributed by atoms with Crippen molar-refractivity contribution in [2.45, 2.75) is 46.1 Å². The first-order chi connectivity index (χ1) is 11.9. The van der Waals surface area contributed by atoms with Gasteiger partial charge in [0.05, 0.1) is 6.54 Å². The summed E-state index contributed by atoms with van der Waals surface area (Å²) in [5, 5.41) is 3.06. The molecule has 0 unspecified atom stereocenters. The van der Waals surface area contributed by atoms with Crippen molar-refractivity contribution in [1.29, 1.82) is 0 Å². The van der Waals surface area contributed by atoms with Crippen LogP contribution in [0, 0.1) is 26.2 Å². The van der Waals surface area contributed by atoms with Gasteiger partial charge in [-0.2, -0.15) is 0 Å². The molecule has 25 heavy (non-hydrogen) atoms. The van der Waals surface area contributed by atoms with Gasteiger partial charge in [0.2, 0.25) is 5.91 Å². The molecule has 2 rings (SSSR count). The second kappa shape index (κ2) is 8.40. The number of carbonyl (C=O) groups is 1. The molecule has 1 fully saturated rings. The van der Waals surface area contributed by atoms with Gasteiger partial charge in [-0.1, -0.05) is 31.9 Å². The fourth-order valence-electron chi connectivity index (χ4n) is 3.40. The van der Waals surface area contributed by atoms with E-state index in [9.17, 15) is 4.79 Å². The molecule has 0 bridgehead atoms. The van der Waals surface area contributed by atoms with Crippen LogP contribution in [-0.4, -0.2) is 49.1 Å². The van der Waals surface area contributed by atoms with Crippen LogP contribution in [0.5, 0.6) is 0 Å². The summed E-state index contributed by atoms with van der Waals surface area (Å²) < 4.78 is 0. The van der Waals surface area contributed by atoms with E-state index >= 15 is 0 Å². The molecule has 1 amide bonds. The summed E-state index contributed by atoms with van der Waals surface area (Å²) in [4.78, 5) is 17.0. The SMILES string of the molecule is C#CC(CC)(CC)NC(=O)CN1CCN(c2cccc(C)c2C)CC1. The number of hydrogen-bond donors (Lipinski definition) is 1. The average molecular weight is 341 g/mol. The summed E-state index contributed by atoms with van der Waals surface area (Å²) in [7, 11) is 0. The quantitative estimate of drug-likeness (QED) is 0.808. The fourth-order valence-corrected chi connectivity index (χ4v) is 3.40. The largest absolute Gasteiger partial charge is 0.369 e. The minimum atomic E-state index is -0.502. The number of carbonyl (C=O) groups excluding carboxylic acids is 1. The molecule has 1 aromatic carbocycles. The second-order valence-electron chi connectivity index (χ2n) is 6.96. The molecule has 1 aliphatic heterocycles. The van der Waals surface area contributed by atoms with Gasteiger partial charge < -0.3 is 10.2 Å². The van der Waals surface area contributed by atoms with Crippen LogP contribution in [0.25, 0.3) is 0 Å². The maximum absolute atomic E-state index is 12.4. The van der Waals surface area contributed by atoms with Crippen LogP contribution in [0.1, 0.15) is 37.8 Å². The molecule has 0 atom stereocenters. The topological polar surface area (TPSA) is 35.6 Å². The van der Waals surface area contributed by atoms with Crippen molar-refractivity contribution < 1.29 is 4.79 Å². The van der Waals surface area contributed by atoms with Crippen LogP contribution in [0.4, 0.5) is 5.69 Å². The second-order valence-corrected chi connectivity index (χ2v) is 6.96. The van der Waals surface area contributed by atoms with Crippen molar-refractivity contribution in [2.24, 2.45) is 0 Å². The van der Waals surface area contributed by atoms with Crippen molar-refractivity contribution in [1.82, 2.24) is 10.2 Å². The Morgan fingerprint density at radius 2 is 1.84 bits per heavy atom. The standard InChI is InChI=1S/C21H31N3O/c1-6-21(7-2,8-3)22-20(25)16-23-12-14-24(15-13-23)19-11-9-10-17(4)18(19)5/h1,9-11H,7-8,12-16H2,2-5H3,(H,22,25). The smallest absolute Gasteiger partial charge is 0.235 e. The number of anilines is 1. The molecule has 0 radical (unpaired) electrons. The van der Waals surface area contributed by atoms with E-state index in [1.165, 1.54) is 16.8 Å². The lowest BCUT2D eigenvalue weighted by Crippen LogP contribution is -2.53. The van der Waals surface area contributed by atoms with Crippen molar-refractivity contribution in [2.75, 3.05) is 37.6 Å². The van der Waals surface area contributed by atoms with E-state index in [-0.39, 0.29) is 5.91 Å². The summed E-state index contributed by atoms with van der Waals surface area (Å²) in [6, 6.07) is 6.46. The summed E-state index contributed by atoms with van der Waals surface area (Å²) in [5.74, 6) is 2.79. The van der Waals surface area contributed by atoms with Crippen molar-refractivity contribution in [3.8, 4) is 12.3 Å². The van der Waals surface area contributed by atoms with Gasteiger partial charge in [-0.05, 0) is 43.9 Å². The maximum Gasteiger partial charge on any atom is 0.235 e. The summed E-state index contributed by atoms with van der Waals surface area (Å²) in [6.45, 7) is 12.5. The molecule has 1 saturated heterocycles. The first-order valence-electron chi connectivity index (χ1n) is 9.27. The Balaban J connectivity index is 1.89. The van der Waals surface area contributed by atoms with Crippen molar-refractivity contribution in [3.63, 3.8) is 0 Å². The highest BCUT2D eigenvalue weighted by Crippen LogP contribution is 2.23. The van der Waals surface area contributed by atoms with Crippen molar-refractivity contribution in [3.05, 3.63) is 29.3 Å². The highest BCUT2D eigenvalue weighted by molar-refractivity contribution is 5.79. The minimum Gasteiger partial charge on any atom is -0.369 e. The summed E-state index contributed by atoms with van der Waals surface area (Å²) in [5.41, 5.74) is 3.48. The highest BCUT2D eigenvalue weighted by atomic mass is 16.2. The Labute approximate surface area is 152 Å². The predicted molar refractivity (Wildman–Crippen MR) is 105 cm³/mol. The number of terminal acetylenes is 1. The van der Waals surface area contributed by atoms with E-state index in [0.717, 1.165) is 39.0 Å². The molecule has 0 saturated carbocycles. The third kappa shape index (κ3) is 4.55. The van der Waals surface area contributed by atoms with E-state index in [1.807, 2.05) is 13.8 Å². The van der Waals surface area contributed by atoms with Gasteiger partial charge in [-0.15, -0.1) is 6.42 Å². The van der Waals surface area contributed by atoms with Gasteiger partial charge in [0.1, 0.15) is 5.54 Å². The van der Waals surface area contributed by atoms with Crippen LogP contribution in [-0.2, 0) is 4.79 Å². The number of hydrogen-bond acceptors (Lipinski definition) is 3. The zero-order valence-electron chi connectivity index (χ0n) is 16.1. The molecule has 1 aliphatic rings. The molecule has 4 nitrogen and oxygen atoms in total. The molecule has 136 valence electrons. The molecule has 1 N–H and O–H groups in total. The average Bonchev–Trinajstić information content (AvgIpc) is 2.63. The molecular weight excluding hydrogens is 310 g/mol. The fraction of sp³-hybridized carbons (Fsp3) is 0.571. The van der Waals surface area contributed by atoms with Gasteiger partial charge >= 0.3 is 0 Å². The number of aryl methyl sites for hydroxylation is 1. The number of rotatable bonds is 6. The molecule has 4 heteroatoms. The lowest BCUT2D eigenvalue weighted by atomic mass is 9.94. The highest BCUT2D eigenvalue weighted by Gasteiger charge is 2.27. The Bertz CT molecular complexity index is 635. The zero-order chi connectivity index (χ0) is 18.4. The third-order valence-electron chi connectivity index (χ3n) is 5.52. The Hall–Kier alpha value is -1.99. The Morgan fingerprint density at radius 3 is 2.40 bits per heavy atom. The van der Waals surface area contributed by atoms with Crippen LogP contribution in [0.2, 0.25) is 0 Å². The van der Waals surface area contributed by atoms with Gasteiger partial charge in [-0.3, -0.25) is 9.69 Å². The molecule has 1 heterocycles. The third-order valence-corrected chi connectivity index (χ3v) is 5.52. The normalized spacial score (nSPS) is 15.7. The van der Waals surface area contributed by atoms with E-state index in [0.29, 0.717) is 6.54 Å². The van der Waals surface area contributed by atoms with Gasteiger partial charge in [0.15, 0.2) is 0 Å². The van der Waals surface area contributed by atoms with Crippen molar-refractivity contribution >= 4 is 11.6 Å². The summed E-state index contributed by atoms with van der Waals surface area (Å²) >= 11 is 0. The van der Waals surface area contributed by atoms with Crippen LogP contribution in [0.3, 0.4) is 0 Å². The molecule has 0 spiro atoms. The van der Waals surface area contributed by atoms with E-state index in [2.05, 4.69) is 53.1 Å². The van der Waals surface area contributed by atoms with E-state index < -0.39 is 5.54 Å². The van der Waals surface area contributed by atoms with E-state index in [4.69, 9.17) is 6.42 Å². The first-order valence-corrected chi connectivity index (χ1v) is 9.27. The van der Waals surface area contributed by atoms with Crippen LogP contribution in [0.15, 0.2) is 18.2 Å². The number of amides is 1. The summed E-state index contributed by atoms with van der Waals surface area (Å²) in [6.07, 6.45) is 7.15. The lowest BCUT2D eigenvalue weighted by molar-refractivity contribution is -0.123. The van der Waals surface area contributed by atoms with Gasteiger partial charge in [0, 0.05) is 31.9 Å². The number of nitrogens with one attached hydrogen (secondary N) is 1. The minimum absolute atomic E-state index is 0.0295. The van der Waals surface area contributed by atoms with Crippen LogP contribution < -0.4 is 10.2 Å². The molecular formula is C21H31N3O. The number of piperazine rings is 1. The van der Waals surface area contributed by atoms with Gasteiger partial charge in [0.25, 0.3) is 0 Å². The van der Waals surface area contributed by atoms with E-state index in [1.54, 1.807) is 0 Å². The number of benzene rings is 1. The molecule has 1 aromatic rings. The maximum atomic E-state index is 12.4. The molecule has 0 aliphatic carbocycles.